The Labute approximate surface area is 137 Å². The van der Waals surface area contributed by atoms with Crippen molar-refractivity contribution >= 4 is 28.5 Å². The van der Waals surface area contributed by atoms with Crippen molar-refractivity contribution in [3.8, 4) is 0 Å². The van der Waals surface area contributed by atoms with Crippen LogP contribution in [-0.2, 0) is 16.2 Å². The van der Waals surface area contributed by atoms with Crippen molar-refractivity contribution in [1.82, 2.24) is 9.71 Å². The molecule has 10 heteroatoms. The van der Waals surface area contributed by atoms with Gasteiger partial charge in [0, 0.05) is 24.5 Å². The molecule has 1 fully saturated rings. The Morgan fingerprint density at radius 3 is 2.78 bits per heavy atom. The van der Waals surface area contributed by atoms with Crippen molar-refractivity contribution in [2.75, 3.05) is 17.2 Å². The van der Waals surface area contributed by atoms with Gasteiger partial charge in [-0.25, -0.2) is 18.1 Å². The normalized spacial score (nSPS) is 27.0. The van der Waals surface area contributed by atoms with Crippen molar-refractivity contribution in [2.45, 2.75) is 42.4 Å². The average Bonchev–Trinajstić information content (AvgIpc) is 2.60. The van der Waals surface area contributed by atoms with Crippen molar-refractivity contribution in [1.29, 1.82) is 0 Å². The summed E-state index contributed by atoms with van der Waals surface area (Å²) in [5.41, 5.74) is -1.07. The summed E-state index contributed by atoms with van der Waals surface area (Å²) in [6, 6.07) is 0.0470. The van der Waals surface area contributed by atoms with Gasteiger partial charge >= 0.3 is 6.18 Å². The van der Waals surface area contributed by atoms with Crippen molar-refractivity contribution < 1.29 is 21.6 Å². The van der Waals surface area contributed by atoms with Gasteiger partial charge in [0.05, 0.1) is 11.6 Å². The molecule has 128 valence electrons. The highest BCUT2D eigenvalue weighted by Crippen LogP contribution is 2.37. The van der Waals surface area contributed by atoms with Gasteiger partial charge in [0.15, 0.2) is 0 Å². The number of thiol groups is 1. The SMILES string of the molecule is O=S1(=O)NC(CS)C2CCCCN2c2ncc(C(F)(F)F)cc21. The molecule has 0 aliphatic carbocycles. The molecular formula is C13H16F3N3O2S2. The highest BCUT2D eigenvalue weighted by Gasteiger charge is 2.41. The monoisotopic (exact) mass is 367 g/mol. The van der Waals surface area contributed by atoms with E-state index in [1.165, 1.54) is 0 Å². The largest absolute Gasteiger partial charge is 0.417 e. The minimum atomic E-state index is -4.64. The second-order valence-corrected chi connectivity index (χ2v) is 7.76. The molecule has 3 rings (SSSR count). The summed E-state index contributed by atoms with van der Waals surface area (Å²) in [5.74, 6) is 0.361. The molecule has 0 radical (unpaired) electrons. The van der Waals surface area contributed by atoms with E-state index >= 15 is 0 Å². The first-order valence-electron chi connectivity index (χ1n) is 7.21. The molecule has 2 unspecified atom stereocenters. The molecule has 1 aromatic heterocycles. The Morgan fingerprint density at radius 1 is 1.39 bits per heavy atom. The minimum absolute atomic E-state index is 0.0967. The van der Waals surface area contributed by atoms with E-state index in [1.54, 1.807) is 4.90 Å². The summed E-state index contributed by atoms with van der Waals surface area (Å²) in [5, 5.41) is 0. The molecule has 1 saturated heterocycles. The number of piperidine rings is 1. The molecule has 0 saturated carbocycles. The van der Waals surface area contributed by atoms with Crippen LogP contribution in [0.1, 0.15) is 24.8 Å². The zero-order valence-electron chi connectivity index (χ0n) is 12.0. The van der Waals surface area contributed by atoms with E-state index in [0.717, 1.165) is 19.3 Å². The lowest BCUT2D eigenvalue weighted by molar-refractivity contribution is -0.138. The van der Waals surface area contributed by atoms with E-state index in [-0.39, 0.29) is 17.6 Å². The fraction of sp³-hybridized carbons (Fsp3) is 0.615. The molecule has 2 aliphatic heterocycles. The number of rotatable bonds is 1. The Kier molecular flexibility index (Phi) is 4.26. The van der Waals surface area contributed by atoms with Crippen molar-refractivity contribution in [3.63, 3.8) is 0 Å². The zero-order chi connectivity index (χ0) is 16.8. The number of nitrogens with zero attached hydrogens (tertiary/aromatic N) is 2. The van der Waals surface area contributed by atoms with Crippen LogP contribution in [0, 0.1) is 0 Å². The molecule has 5 nitrogen and oxygen atoms in total. The molecule has 2 atom stereocenters. The third kappa shape index (κ3) is 3.03. The van der Waals surface area contributed by atoms with Crippen LogP contribution in [0.2, 0.25) is 0 Å². The van der Waals surface area contributed by atoms with Crippen LogP contribution < -0.4 is 9.62 Å². The van der Waals surface area contributed by atoms with Crippen LogP contribution in [0.3, 0.4) is 0 Å². The van der Waals surface area contributed by atoms with Gasteiger partial charge in [-0.15, -0.1) is 0 Å². The van der Waals surface area contributed by atoms with Gasteiger partial charge < -0.3 is 4.90 Å². The molecule has 0 spiro atoms. The Morgan fingerprint density at radius 2 is 2.13 bits per heavy atom. The van der Waals surface area contributed by atoms with Gasteiger partial charge in [0.25, 0.3) is 0 Å². The second-order valence-electron chi connectivity index (χ2n) is 5.71. The molecule has 1 aromatic rings. The molecule has 2 aliphatic rings. The number of fused-ring (bicyclic) bond motifs is 3. The van der Waals surface area contributed by atoms with Crippen molar-refractivity contribution in [3.05, 3.63) is 17.8 Å². The Hall–Kier alpha value is -1.00. The molecule has 0 amide bonds. The lowest BCUT2D eigenvalue weighted by Gasteiger charge is -2.38. The molecule has 0 aromatic carbocycles. The van der Waals surface area contributed by atoms with Crippen LogP contribution in [0.15, 0.2) is 17.2 Å². The molecule has 0 bridgehead atoms. The van der Waals surface area contributed by atoms with E-state index in [4.69, 9.17) is 0 Å². The number of anilines is 1. The topological polar surface area (TPSA) is 62.3 Å². The number of nitrogens with one attached hydrogen (secondary N) is 1. The third-order valence-electron chi connectivity index (χ3n) is 4.24. The maximum atomic E-state index is 12.9. The predicted molar refractivity (Wildman–Crippen MR) is 82.2 cm³/mol. The molecule has 1 N–H and O–H groups in total. The zero-order valence-corrected chi connectivity index (χ0v) is 13.8. The smallest absolute Gasteiger partial charge is 0.351 e. The third-order valence-corrected chi connectivity index (χ3v) is 6.12. The number of hydrogen-bond acceptors (Lipinski definition) is 5. The summed E-state index contributed by atoms with van der Waals surface area (Å²) in [6.45, 7) is 0.567. The summed E-state index contributed by atoms with van der Waals surface area (Å²) in [6.07, 6.45) is -1.42. The van der Waals surface area contributed by atoms with E-state index in [0.29, 0.717) is 18.8 Å². The number of halogens is 3. The first-order valence-corrected chi connectivity index (χ1v) is 9.32. The van der Waals surface area contributed by atoms with Crippen LogP contribution in [0.4, 0.5) is 19.0 Å². The number of hydrogen-bond donors (Lipinski definition) is 2. The Bertz CT molecular complexity index is 709. The summed E-state index contributed by atoms with van der Waals surface area (Å²) in [4.78, 5) is 5.25. The van der Waals surface area contributed by atoms with E-state index < -0.39 is 32.7 Å². The van der Waals surface area contributed by atoms with Crippen LogP contribution in [0.25, 0.3) is 0 Å². The van der Waals surface area contributed by atoms with E-state index in [2.05, 4.69) is 22.3 Å². The standard InChI is InChI=1S/C13H16F3N3O2S2/c14-13(15,16)8-5-11-12(17-6-8)19-4-2-1-3-10(19)9(7-22)18-23(11,20)21/h5-6,9-10,18,22H,1-4,7H2. The lowest BCUT2D eigenvalue weighted by Crippen LogP contribution is -2.52. The Balaban J connectivity index is 2.18. The van der Waals surface area contributed by atoms with E-state index in [9.17, 15) is 21.6 Å². The van der Waals surface area contributed by atoms with Crippen LogP contribution in [0.5, 0.6) is 0 Å². The van der Waals surface area contributed by atoms with Gasteiger partial charge in [-0.2, -0.15) is 25.8 Å². The highest BCUT2D eigenvalue weighted by molar-refractivity contribution is 7.89. The average molecular weight is 367 g/mol. The van der Waals surface area contributed by atoms with Gasteiger partial charge in [-0.3, -0.25) is 0 Å². The maximum absolute atomic E-state index is 12.9. The number of aromatic nitrogens is 1. The highest BCUT2D eigenvalue weighted by atomic mass is 32.2. The second kappa shape index (κ2) is 5.82. The van der Waals surface area contributed by atoms with Gasteiger partial charge in [-0.05, 0) is 25.3 Å². The van der Waals surface area contributed by atoms with Crippen molar-refractivity contribution in [2.24, 2.45) is 0 Å². The number of sulfonamides is 1. The maximum Gasteiger partial charge on any atom is 0.417 e. The predicted octanol–water partition coefficient (Wildman–Crippen LogP) is 2.05. The number of alkyl halides is 3. The molecular weight excluding hydrogens is 351 g/mol. The fourth-order valence-electron chi connectivity index (χ4n) is 3.14. The number of pyridine rings is 1. The first kappa shape index (κ1) is 16.8. The summed E-state index contributed by atoms with van der Waals surface area (Å²) >= 11 is 4.20. The first-order chi connectivity index (χ1) is 10.7. The van der Waals surface area contributed by atoms with Gasteiger partial charge in [-0.1, -0.05) is 0 Å². The fourth-order valence-corrected chi connectivity index (χ4v) is 5.06. The van der Waals surface area contributed by atoms with Gasteiger partial charge in [0.2, 0.25) is 10.0 Å². The summed E-state index contributed by atoms with van der Waals surface area (Å²) in [7, 11) is -4.08. The summed E-state index contributed by atoms with van der Waals surface area (Å²) < 4.78 is 66.2. The quantitative estimate of drug-likeness (QED) is 0.746. The molecule has 3 heterocycles. The molecule has 23 heavy (non-hydrogen) atoms. The van der Waals surface area contributed by atoms with Gasteiger partial charge in [0.1, 0.15) is 10.7 Å². The van der Waals surface area contributed by atoms with Crippen LogP contribution >= 0.6 is 12.6 Å². The minimum Gasteiger partial charge on any atom is -0.351 e. The van der Waals surface area contributed by atoms with Crippen LogP contribution in [-0.4, -0.2) is 37.8 Å². The lowest BCUT2D eigenvalue weighted by atomic mass is 9.97. The van der Waals surface area contributed by atoms with E-state index in [1.807, 2.05) is 0 Å².